The van der Waals surface area contributed by atoms with Crippen molar-refractivity contribution in [1.82, 2.24) is 5.32 Å². The zero-order valence-corrected chi connectivity index (χ0v) is 8.56. The molecule has 0 saturated heterocycles. The van der Waals surface area contributed by atoms with Gasteiger partial charge in [-0.1, -0.05) is 6.07 Å². The molecule has 0 saturated carbocycles. The van der Waals surface area contributed by atoms with Crippen molar-refractivity contribution in [3.8, 4) is 0 Å². The Kier molecular flexibility index (Phi) is 4.16. The summed E-state index contributed by atoms with van der Waals surface area (Å²) in [6.45, 7) is -0.751. The van der Waals surface area contributed by atoms with Crippen LogP contribution in [0.5, 0.6) is 0 Å². The van der Waals surface area contributed by atoms with Crippen LogP contribution in [-0.4, -0.2) is 25.9 Å². The van der Waals surface area contributed by atoms with Crippen LogP contribution >= 0.6 is 0 Å². The Bertz CT molecular complexity index is 382. The Labute approximate surface area is 90.6 Å². The lowest BCUT2D eigenvalue weighted by Gasteiger charge is -2.10. The highest BCUT2D eigenvalue weighted by molar-refractivity contribution is 5.99. The van der Waals surface area contributed by atoms with Crippen molar-refractivity contribution in [2.45, 2.75) is 6.43 Å². The monoisotopic (exact) mass is 232 g/mol. The Hall–Kier alpha value is -1.72. The van der Waals surface area contributed by atoms with E-state index in [9.17, 15) is 18.0 Å². The number of rotatable bonds is 4. The standard InChI is InChI=1S/C10H11F3N2O/c1-14-9-6(3-2-4-7(9)11)10(16)15-5-8(12)13/h2-4,8,14H,5H2,1H3,(H,15,16). The van der Waals surface area contributed by atoms with Gasteiger partial charge in [0.1, 0.15) is 5.82 Å². The number of para-hydroxylation sites is 1. The quantitative estimate of drug-likeness (QED) is 0.832. The fraction of sp³-hybridized carbons (Fsp3) is 0.300. The number of alkyl halides is 2. The fourth-order valence-electron chi connectivity index (χ4n) is 1.23. The highest BCUT2D eigenvalue weighted by Gasteiger charge is 2.14. The van der Waals surface area contributed by atoms with Crippen LogP contribution in [0.3, 0.4) is 0 Å². The maximum Gasteiger partial charge on any atom is 0.255 e. The lowest BCUT2D eigenvalue weighted by Crippen LogP contribution is -2.29. The lowest BCUT2D eigenvalue weighted by molar-refractivity contribution is 0.0892. The van der Waals surface area contributed by atoms with E-state index in [2.05, 4.69) is 5.32 Å². The van der Waals surface area contributed by atoms with Crippen LogP contribution in [0.15, 0.2) is 18.2 Å². The van der Waals surface area contributed by atoms with E-state index in [4.69, 9.17) is 0 Å². The van der Waals surface area contributed by atoms with Gasteiger partial charge in [0.15, 0.2) is 0 Å². The Morgan fingerprint density at radius 2 is 2.12 bits per heavy atom. The molecule has 0 atom stereocenters. The van der Waals surface area contributed by atoms with Crippen molar-refractivity contribution in [1.29, 1.82) is 0 Å². The smallest absolute Gasteiger partial charge is 0.255 e. The minimum Gasteiger partial charge on any atom is -0.385 e. The third-order valence-corrected chi connectivity index (χ3v) is 1.93. The molecule has 0 bridgehead atoms. The van der Waals surface area contributed by atoms with Crippen molar-refractivity contribution in [3.63, 3.8) is 0 Å². The number of anilines is 1. The van der Waals surface area contributed by atoms with Crippen molar-refractivity contribution in [3.05, 3.63) is 29.6 Å². The molecule has 3 nitrogen and oxygen atoms in total. The molecule has 1 rings (SSSR count). The average molecular weight is 232 g/mol. The van der Waals surface area contributed by atoms with Crippen molar-refractivity contribution in [2.75, 3.05) is 18.9 Å². The predicted octanol–water partition coefficient (Wildman–Crippen LogP) is 1.86. The first kappa shape index (κ1) is 12.4. The van der Waals surface area contributed by atoms with E-state index in [1.54, 1.807) is 0 Å². The SMILES string of the molecule is CNc1c(F)cccc1C(=O)NCC(F)F. The maximum absolute atomic E-state index is 13.2. The van der Waals surface area contributed by atoms with Crippen molar-refractivity contribution < 1.29 is 18.0 Å². The molecule has 1 aromatic carbocycles. The third-order valence-electron chi connectivity index (χ3n) is 1.93. The molecule has 6 heteroatoms. The third kappa shape index (κ3) is 2.88. The van der Waals surface area contributed by atoms with Crippen LogP contribution in [0.2, 0.25) is 0 Å². The van der Waals surface area contributed by atoms with Crippen LogP contribution in [-0.2, 0) is 0 Å². The summed E-state index contributed by atoms with van der Waals surface area (Å²) < 4.78 is 37.0. The molecule has 0 heterocycles. The van der Waals surface area contributed by atoms with Gasteiger partial charge in [0, 0.05) is 7.05 Å². The van der Waals surface area contributed by atoms with Gasteiger partial charge in [-0.15, -0.1) is 0 Å². The second-order valence-corrected chi connectivity index (χ2v) is 3.01. The molecular weight excluding hydrogens is 221 g/mol. The van der Waals surface area contributed by atoms with E-state index < -0.39 is 24.7 Å². The number of hydrogen-bond donors (Lipinski definition) is 2. The van der Waals surface area contributed by atoms with Gasteiger partial charge in [-0.25, -0.2) is 13.2 Å². The van der Waals surface area contributed by atoms with E-state index in [1.165, 1.54) is 25.2 Å². The maximum atomic E-state index is 13.2. The summed E-state index contributed by atoms with van der Waals surface area (Å²) in [6.07, 6.45) is -2.63. The van der Waals surface area contributed by atoms with Gasteiger partial charge in [0.25, 0.3) is 12.3 Å². The average Bonchev–Trinajstić information content (AvgIpc) is 2.25. The van der Waals surface area contributed by atoms with Crippen LogP contribution in [0.25, 0.3) is 0 Å². The van der Waals surface area contributed by atoms with Gasteiger partial charge in [-0.05, 0) is 12.1 Å². The van der Waals surface area contributed by atoms with E-state index in [-0.39, 0.29) is 11.3 Å². The summed E-state index contributed by atoms with van der Waals surface area (Å²) in [7, 11) is 1.45. The van der Waals surface area contributed by atoms with Gasteiger partial charge in [-0.2, -0.15) is 0 Å². The molecule has 1 aromatic rings. The van der Waals surface area contributed by atoms with Crippen LogP contribution in [0.1, 0.15) is 10.4 Å². The molecule has 0 aliphatic heterocycles. The summed E-state index contributed by atoms with van der Waals surface area (Å²) in [6, 6.07) is 3.87. The van der Waals surface area contributed by atoms with Gasteiger partial charge in [-0.3, -0.25) is 4.79 Å². The molecule has 2 N–H and O–H groups in total. The van der Waals surface area contributed by atoms with Crippen LogP contribution < -0.4 is 10.6 Å². The molecule has 88 valence electrons. The molecule has 0 aromatic heterocycles. The Balaban J connectivity index is 2.86. The summed E-state index contributed by atoms with van der Waals surface area (Å²) in [5, 5.41) is 4.51. The van der Waals surface area contributed by atoms with E-state index in [0.29, 0.717) is 0 Å². The summed E-state index contributed by atoms with van der Waals surface area (Å²) in [5.41, 5.74) is -0.00239. The number of halogens is 3. The number of amides is 1. The second-order valence-electron chi connectivity index (χ2n) is 3.01. The molecule has 0 aliphatic rings. The van der Waals surface area contributed by atoms with E-state index in [1.807, 2.05) is 5.32 Å². The topological polar surface area (TPSA) is 41.1 Å². The molecule has 0 radical (unpaired) electrons. The zero-order chi connectivity index (χ0) is 12.1. The second kappa shape index (κ2) is 5.39. The minimum atomic E-state index is -2.63. The number of benzene rings is 1. The van der Waals surface area contributed by atoms with E-state index in [0.717, 1.165) is 0 Å². The largest absolute Gasteiger partial charge is 0.385 e. The molecule has 0 aliphatic carbocycles. The number of carbonyl (C=O) groups is 1. The van der Waals surface area contributed by atoms with E-state index >= 15 is 0 Å². The van der Waals surface area contributed by atoms with Crippen LogP contribution in [0, 0.1) is 5.82 Å². The first-order valence-corrected chi connectivity index (χ1v) is 4.59. The van der Waals surface area contributed by atoms with Gasteiger partial charge in [0.05, 0.1) is 17.8 Å². The first-order valence-electron chi connectivity index (χ1n) is 4.59. The molecule has 0 unspecified atom stereocenters. The van der Waals surface area contributed by atoms with Gasteiger partial charge < -0.3 is 10.6 Å². The number of hydrogen-bond acceptors (Lipinski definition) is 2. The number of nitrogens with one attached hydrogen (secondary N) is 2. The first-order chi connectivity index (χ1) is 7.56. The van der Waals surface area contributed by atoms with Crippen molar-refractivity contribution in [2.24, 2.45) is 0 Å². The molecular formula is C10H11F3N2O. The Morgan fingerprint density at radius 3 is 2.69 bits per heavy atom. The highest BCUT2D eigenvalue weighted by atomic mass is 19.3. The lowest BCUT2D eigenvalue weighted by atomic mass is 10.1. The zero-order valence-electron chi connectivity index (χ0n) is 8.56. The normalized spacial score (nSPS) is 10.3. The Morgan fingerprint density at radius 1 is 1.44 bits per heavy atom. The fourth-order valence-corrected chi connectivity index (χ4v) is 1.23. The van der Waals surface area contributed by atoms with Crippen LogP contribution in [0.4, 0.5) is 18.9 Å². The van der Waals surface area contributed by atoms with Crippen molar-refractivity contribution >= 4 is 11.6 Å². The minimum absolute atomic E-state index is 0.00292. The molecule has 1 amide bonds. The predicted molar refractivity (Wildman–Crippen MR) is 54.3 cm³/mol. The van der Waals surface area contributed by atoms with Gasteiger partial charge in [0.2, 0.25) is 0 Å². The molecule has 0 fully saturated rings. The number of carbonyl (C=O) groups excluding carboxylic acids is 1. The summed E-state index contributed by atoms with van der Waals surface area (Å²) in [4.78, 5) is 11.4. The van der Waals surface area contributed by atoms with Gasteiger partial charge >= 0.3 is 0 Å². The summed E-state index contributed by atoms with van der Waals surface area (Å²) >= 11 is 0. The summed E-state index contributed by atoms with van der Waals surface area (Å²) in [5.74, 6) is -1.34. The molecule has 16 heavy (non-hydrogen) atoms. The highest BCUT2D eigenvalue weighted by Crippen LogP contribution is 2.18. The molecule has 0 spiro atoms.